The van der Waals surface area contributed by atoms with Crippen LogP contribution in [0.4, 0.5) is 5.69 Å². The van der Waals surface area contributed by atoms with Crippen molar-refractivity contribution in [3.63, 3.8) is 0 Å². The van der Waals surface area contributed by atoms with E-state index in [4.69, 9.17) is 0 Å². The number of thioether (sulfide) groups is 1. The maximum Gasteiger partial charge on any atom is 0.280 e. The molecule has 1 saturated heterocycles. The second kappa shape index (κ2) is 11.8. The van der Waals surface area contributed by atoms with Gasteiger partial charge in [0.25, 0.3) is 11.6 Å². The van der Waals surface area contributed by atoms with Crippen molar-refractivity contribution < 1.29 is 9.72 Å². The fraction of sp³-hybridized carbons (Fsp3) is 0.276. The van der Waals surface area contributed by atoms with Crippen LogP contribution >= 0.6 is 11.8 Å². The highest BCUT2D eigenvalue weighted by molar-refractivity contribution is 7.98. The molecule has 0 saturated carbocycles. The predicted molar refractivity (Wildman–Crippen MR) is 152 cm³/mol. The Hall–Kier alpha value is -4.02. The minimum atomic E-state index is -0.400. The van der Waals surface area contributed by atoms with Gasteiger partial charge in [-0.3, -0.25) is 19.5 Å². The molecule has 1 aliphatic rings. The van der Waals surface area contributed by atoms with Crippen molar-refractivity contribution >= 4 is 23.4 Å². The zero-order valence-corrected chi connectivity index (χ0v) is 22.8. The number of carbonyl (C=O) groups excluding carboxylic acids is 1. The van der Waals surface area contributed by atoms with Gasteiger partial charge in [0.1, 0.15) is 0 Å². The van der Waals surface area contributed by atoms with Crippen molar-refractivity contribution in [2.75, 3.05) is 32.7 Å². The Morgan fingerprint density at radius 3 is 2.31 bits per heavy atom. The molecular formula is C29H30N6O3S. The molecule has 0 radical (unpaired) electrons. The van der Waals surface area contributed by atoms with E-state index in [1.165, 1.54) is 17.8 Å². The van der Waals surface area contributed by atoms with Crippen molar-refractivity contribution in [1.29, 1.82) is 0 Å². The van der Waals surface area contributed by atoms with E-state index in [1.54, 1.807) is 18.2 Å². The Kier molecular flexibility index (Phi) is 8.04. The molecule has 10 heteroatoms. The lowest BCUT2D eigenvalue weighted by atomic mass is 10.1. The highest BCUT2D eigenvalue weighted by Crippen LogP contribution is 2.34. The minimum absolute atomic E-state index is 0.0221. The zero-order chi connectivity index (χ0) is 27.4. The van der Waals surface area contributed by atoms with Gasteiger partial charge in [0.05, 0.1) is 10.5 Å². The fourth-order valence-corrected chi connectivity index (χ4v) is 5.54. The number of aryl methyl sites for hydroxylation is 1. The number of carbonyl (C=O) groups is 1. The normalized spacial score (nSPS) is 13.9. The van der Waals surface area contributed by atoms with Gasteiger partial charge in [-0.1, -0.05) is 60.6 Å². The second-order valence-corrected chi connectivity index (χ2v) is 10.4. The first-order valence-electron chi connectivity index (χ1n) is 12.9. The number of hydrogen-bond acceptors (Lipinski definition) is 7. The van der Waals surface area contributed by atoms with Gasteiger partial charge in [-0.05, 0) is 49.4 Å². The molecule has 4 aromatic rings. The summed E-state index contributed by atoms with van der Waals surface area (Å²) in [5.41, 5.74) is 4.05. The third-order valence-electron chi connectivity index (χ3n) is 6.94. The van der Waals surface area contributed by atoms with Gasteiger partial charge >= 0.3 is 0 Å². The highest BCUT2D eigenvalue weighted by Gasteiger charge is 2.24. The van der Waals surface area contributed by atoms with Crippen LogP contribution in [0.2, 0.25) is 0 Å². The summed E-state index contributed by atoms with van der Waals surface area (Å²) in [5.74, 6) is 1.08. The van der Waals surface area contributed by atoms with Crippen LogP contribution in [-0.2, 0) is 5.75 Å². The summed E-state index contributed by atoms with van der Waals surface area (Å²) in [7, 11) is 0. The number of amides is 1. The average molecular weight is 543 g/mol. The number of likely N-dealkylation sites (N-methyl/N-ethyl adjacent to an activating group) is 1. The van der Waals surface area contributed by atoms with E-state index in [1.807, 2.05) is 64.9 Å². The Balaban J connectivity index is 1.37. The lowest BCUT2D eigenvalue weighted by Crippen LogP contribution is -2.48. The van der Waals surface area contributed by atoms with Gasteiger partial charge in [0, 0.05) is 49.2 Å². The predicted octanol–water partition coefficient (Wildman–Crippen LogP) is 5.22. The van der Waals surface area contributed by atoms with Crippen molar-refractivity contribution in [2.24, 2.45) is 0 Å². The molecule has 2 heterocycles. The summed E-state index contributed by atoms with van der Waals surface area (Å²) < 4.78 is 1.86. The summed E-state index contributed by atoms with van der Waals surface area (Å²) in [6.45, 7) is 8.48. The van der Waals surface area contributed by atoms with Crippen LogP contribution in [0.15, 0.2) is 78.0 Å². The van der Waals surface area contributed by atoms with E-state index in [2.05, 4.69) is 22.0 Å². The number of nitro groups is 1. The quantitative estimate of drug-likeness (QED) is 0.171. The number of nitro benzene ring substituents is 1. The van der Waals surface area contributed by atoms with E-state index in [0.29, 0.717) is 27.9 Å². The molecular weight excluding hydrogens is 512 g/mol. The number of aromatic nitrogens is 3. The van der Waals surface area contributed by atoms with Gasteiger partial charge < -0.3 is 9.80 Å². The number of hydrogen-bond donors (Lipinski definition) is 0. The largest absolute Gasteiger partial charge is 0.336 e. The lowest BCUT2D eigenvalue weighted by molar-refractivity contribution is -0.384. The van der Waals surface area contributed by atoms with Crippen LogP contribution in [0.1, 0.15) is 28.4 Å². The maximum absolute atomic E-state index is 13.0. The molecule has 1 aliphatic heterocycles. The van der Waals surface area contributed by atoms with Crippen LogP contribution in [0.3, 0.4) is 0 Å². The Bertz CT molecular complexity index is 1460. The standard InChI is InChI=1S/C29H30N6O3S/c1-3-32-16-18-33(19-17-32)28(36)23-12-10-22(11-13-23)20-39-29-31-30-27(25-6-4-5-7-26(25)35(37)38)34(29)24-14-8-21(2)9-15-24/h4-15H,3,16-20H2,1-2H3. The number of para-hydroxylation sites is 1. The molecule has 5 rings (SSSR count). The summed E-state index contributed by atoms with van der Waals surface area (Å²) in [6.07, 6.45) is 0. The number of rotatable bonds is 8. The SMILES string of the molecule is CCN1CCN(C(=O)c2ccc(CSc3nnc(-c4ccccc4[N+](=O)[O-])n3-c3ccc(C)cc3)cc2)CC1. The van der Waals surface area contributed by atoms with E-state index in [9.17, 15) is 14.9 Å². The van der Waals surface area contributed by atoms with Crippen molar-refractivity contribution in [2.45, 2.75) is 24.8 Å². The molecule has 1 amide bonds. The Morgan fingerprint density at radius 2 is 1.64 bits per heavy atom. The van der Waals surface area contributed by atoms with Crippen LogP contribution in [-0.4, -0.2) is 68.1 Å². The molecule has 0 spiro atoms. The number of benzene rings is 3. The molecule has 1 aromatic heterocycles. The first kappa shape index (κ1) is 26.6. The summed E-state index contributed by atoms with van der Waals surface area (Å²) in [5, 5.41) is 21.1. The van der Waals surface area contributed by atoms with Gasteiger partial charge in [0.2, 0.25) is 0 Å². The summed E-state index contributed by atoms with van der Waals surface area (Å²) in [6, 6.07) is 22.2. The summed E-state index contributed by atoms with van der Waals surface area (Å²) >= 11 is 1.49. The molecule has 1 fully saturated rings. The van der Waals surface area contributed by atoms with Gasteiger partial charge in [-0.15, -0.1) is 10.2 Å². The third kappa shape index (κ3) is 5.86. The maximum atomic E-state index is 13.0. The molecule has 39 heavy (non-hydrogen) atoms. The van der Waals surface area contributed by atoms with Crippen LogP contribution < -0.4 is 0 Å². The minimum Gasteiger partial charge on any atom is -0.336 e. The zero-order valence-electron chi connectivity index (χ0n) is 22.0. The van der Waals surface area contributed by atoms with Crippen molar-refractivity contribution in [3.8, 4) is 17.1 Å². The smallest absolute Gasteiger partial charge is 0.280 e. The fourth-order valence-electron chi connectivity index (χ4n) is 4.63. The van der Waals surface area contributed by atoms with Crippen molar-refractivity contribution in [3.05, 3.63) is 99.6 Å². The van der Waals surface area contributed by atoms with Crippen LogP contribution in [0.25, 0.3) is 17.1 Å². The van der Waals surface area contributed by atoms with Crippen LogP contribution in [0.5, 0.6) is 0 Å². The van der Waals surface area contributed by atoms with E-state index < -0.39 is 4.92 Å². The molecule has 0 unspecified atom stereocenters. The van der Waals surface area contributed by atoms with Gasteiger partial charge in [0.15, 0.2) is 11.0 Å². The third-order valence-corrected chi connectivity index (χ3v) is 7.94. The van der Waals surface area contributed by atoms with Crippen LogP contribution in [0, 0.1) is 17.0 Å². The van der Waals surface area contributed by atoms with Gasteiger partial charge in [-0.25, -0.2) is 0 Å². The average Bonchev–Trinajstić information content (AvgIpc) is 3.40. The molecule has 0 bridgehead atoms. The van der Waals surface area contributed by atoms with E-state index in [-0.39, 0.29) is 11.6 Å². The topological polar surface area (TPSA) is 97.4 Å². The number of nitrogens with zero attached hydrogens (tertiary/aromatic N) is 6. The Labute approximate surface area is 231 Å². The first-order valence-corrected chi connectivity index (χ1v) is 13.9. The Morgan fingerprint density at radius 1 is 0.949 bits per heavy atom. The first-order chi connectivity index (χ1) is 18.9. The monoisotopic (exact) mass is 542 g/mol. The molecule has 3 aromatic carbocycles. The van der Waals surface area contributed by atoms with E-state index >= 15 is 0 Å². The van der Waals surface area contributed by atoms with E-state index in [0.717, 1.165) is 49.5 Å². The van der Waals surface area contributed by atoms with Gasteiger partial charge in [-0.2, -0.15) is 0 Å². The molecule has 0 aliphatic carbocycles. The highest BCUT2D eigenvalue weighted by atomic mass is 32.2. The number of piperazine rings is 1. The summed E-state index contributed by atoms with van der Waals surface area (Å²) in [4.78, 5) is 28.5. The van der Waals surface area contributed by atoms with Crippen molar-refractivity contribution in [1.82, 2.24) is 24.6 Å². The molecule has 0 N–H and O–H groups in total. The molecule has 0 atom stereocenters. The molecule has 9 nitrogen and oxygen atoms in total. The lowest BCUT2D eigenvalue weighted by Gasteiger charge is -2.34. The second-order valence-electron chi connectivity index (χ2n) is 9.46. The molecule has 200 valence electrons.